The molecule has 0 unspecified atom stereocenters. The summed E-state index contributed by atoms with van der Waals surface area (Å²) < 4.78 is 5.90. The van der Waals surface area contributed by atoms with Crippen molar-refractivity contribution in [2.24, 2.45) is 0 Å². The molecule has 5 heteroatoms. The van der Waals surface area contributed by atoms with Crippen LogP contribution >= 0.6 is 24.0 Å². The van der Waals surface area contributed by atoms with E-state index in [-0.39, 0.29) is 11.4 Å². The summed E-state index contributed by atoms with van der Waals surface area (Å²) in [6.07, 6.45) is 1.84. The number of nitrogens with zero attached hydrogens (tertiary/aromatic N) is 1. The van der Waals surface area contributed by atoms with Crippen molar-refractivity contribution in [1.82, 2.24) is 4.90 Å². The minimum atomic E-state index is -0.308. The van der Waals surface area contributed by atoms with Crippen LogP contribution in [0.1, 0.15) is 26.3 Å². The molecular formula is C15H17NO2S2. The Bertz CT molecular complexity index is 588. The fourth-order valence-electron chi connectivity index (χ4n) is 1.97. The molecule has 3 nitrogen and oxygen atoms in total. The van der Waals surface area contributed by atoms with Crippen molar-refractivity contribution < 1.29 is 9.53 Å². The minimum absolute atomic E-state index is 0.0431. The van der Waals surface area contributed by atoms with Gasteiger partial charge in [-0.05, 0) is 32.9 Å². The van der Waals surface area contributed by atoms with Crippen LogP contribution in [0.2, 0.25) is 0 Å². The Labute approximate surface area is 129 Å². The topological polar surface area (TPSA) is 29.5 Å². The molecule has 1 heterocycles. The lowest BCUT2D eigenvalue weighted by molar-refractivity contribution is -0.125. The molecule has 1 aliphatic heterocycles. The number of carbonyl (C=O) groups is 1. The first-order valence-electron chi connectivity index (χ1n) is 6.25. The normalized spacial score (nSPS) is 18.0. The molecule has 0 aliphatic carbocycles. The summed E-state index contributed by atoms with van der Waals surface area (Å²) in [4.78, 5) is 14.8. The summed E-state index contributed by atoms with van der Waals surface area (Å²) in [5.41, 5.74) is 0.571. The summed E-state index contributed by atoms with van der Waals surface area (Å²) in [7, 11) is 1.62. The number of rotatable bonds is 2. The summed E-state index contributed by atoms with van der Waals surface area (Å²) in [5.74, 6) is 0.701. The van der Waals surface area contributed by atoms with Gasteiger partial charge in [-0.15, -0.1) is 0 Å². The maximum absolute atomic E-state index is 12.5. The standard InChI is InChI=1S/C15H17NO2S2/c1-15(2,3)16-13(17)12(20-14(16)19)9-10-7-5-6-8-11(10)18-4/h5-9H,1-4H3/b12-9-. The van der Waals surface area contributed by atoms with Gasteiger partial charge in [0.2, 0.25) is 0 Å². The summed E-state index contributed by atoms with van der Waals surface area (Å²) in [5, 5.41) is 0. The van der Waals surface area contributed by atoms with E-state index in [9.17, 15) is 4.79 Å². The Morgan fingerprint density at radius 2 is 1.95 bits per heavy atom. The molecule has 1 aromatic carbocycles. The Morgan fingerprint density at radius 3 is 2.50 bits per heavy atom. The number of thioether (sulfide) groups is 1. The van der Waals surface area contributed by atoms with Crippen LogP contribution in [0.5, 0.6) is 5.75 Å². The third-order valence-electron chi connectivity index (χ3n) is 2.89. The molecule has 106 valence electrons. The summed E-state index contributed by atoms with van der Waals surface area (Å²) in [6, 6.07) is 7.61. The van der Waals surface area contributed by atoms with E-state index in [1.807, 2.05) is 51.1 Å². The predicted octanol–water partition coefficient (Wildman–Crippen LogP) is 3.69. The van der Waals surface area contributed by atoms with Crippen LogP contribution < -0.4 is 4.74 Å². The van der Waals surface area contributed by atoms with Crippen LogP contribution in [-0.4, -0.2) is 27.8 Å². The van der Waals surface area contributed by atoms with E-state index in [1.165, 1.54) is 11.8 Å². The molecule has 0 N–H and O–H groups in total. The van der Waals surface area contributed by atoms with E-state index in [1.54, 1.807) is 12.0 Å². The second kappa shape index (κ2) is 5.58. The SMILES string of the molecule is COc1ccccc1/C=C1\SC(=S)N(C(C)(C)C)C1=O. The van der Waals surface area contributed by atoms with Crippen molar-refractivity contribution in [1.29, 1.82) is 0 Å². The highest BCUT2D eigenvalue weighted by atomic mass is 32.2. The van der Waals surface area contributed by atoms with Gasteiger partial charge in [0.1, 0.15) is 10.1 Å². The van der Waals surface area contributed by atoms with Gasteiger partial charge in [0, 0.05) is 11.1 Å². The molecule has 1 amide bonds. The molecule has 0 radical (unpaired) electrons. The van der Waals surface area contributed by atoms with Crippen molar-refractivity contribution in [3.8, 4) is 5.75 Å². The average molecular weight is 307 g/mol. The molecular weight excluding hydrogens is 290 g/mol. The maximum Gasteiger partial charge on any atom is 0.266 e. The number of thiocarbonyl (C=S) groups is 1. The van der Waals surface area contributed by atoms with Gasteiger partial charge >= 0.3 is 0 Å². The Kier molecular flexibility index (Phi) is 4.20. The van der Waals surface area contributed by atoms with Gasteiger partial charge in [-0.1, -0.05) is 42.2 Å². The Morgan fingerprint density at radius 1 is 1.30 bits per heavy atom. The number of hydrogen-bond donors (Lipinski definition) is 0. The molecule has 0 saturated carbocycles. The molecule has 2 rings (SSSR count). The highest BCUT2D eigenvalue weighted by Crippen LogP contribution is 2.37. The van der Waals surface area contributed by atoms with E-state index < -0.39 is 0 Å². The van der Waals surface area contributed by atoms with E-state index in [4.69, 9.17) is 17.0 Å². The highest BCUT2D eigenvalue weighted by molar-refractivity contribution is 8.26. The second-order valence-corrected chi connectivity index (χ2v) is 7.11. The molecule has 1 aliphatic rings. The number of para-hydroxylation sites is 1. The lowest BCUT2D eigenvalue weighted by atomic mass is 10.1. The molecule has 0 atom stereocenters. The fourth-order valence-corrected chi connectivity index (χ4v) is 3.60. The maximum atomic E-state index is 12.5. The second-order valence-electron chi connectivity index (χ2n) is 5.43. The zero-order valence-electron chi connectivity index (χ0n) is 12.0. The quantitative estimate of drug-likeness (QED) is 0.615. The third kappa shape index (κ3) is 2.88. The monoisotopic (exact) mass is 307 g/mol. The predicted molar refractivity (Wildman–Crippen MR) is 87.8 cm³/mol. The van der Waals surface area contributed by atoms with Crippen LogP contribution in [0, 0.1) is 0 Å². The van der Waals surface area contributed by atoms with Crippen molar-refractivity contribution in [2.75, 3.05) is 7.11 Å². The fraction of sp³-hybridized carbons (Fsp3) is 0.333. The number of methoxy groups -OCH3 is 1. The van der Waals surface area contributed by atoms with Crippen LogP contribution in [0.3, 0.4) is 0 Å². The zero-order valence-corrected chi connectivity index (χ0v) is 13.6. The van der Waals surface area contributed by atoms with Crippen LogP contribution in [0.25, 0.3) is 6.08 Å². The number of amides is 1. The first-order chi connectivity index (χ1) is 9.34. The number of ether oxygens (including phenoxy) is 1. The summed E-state index contributed by atoms with van der Waals surface area (Å²) in [6.45, 7) is 5.93. The molecule has 1 saturated heterocycles. The van der Waals surface area contributed by atoms with Gasteiger partial charge in [-0.3, -0.25) is 9.69 Å². The molecule has 0 aromatic heterocycles. The van der Waals surface area contributed by atoms with Crippen LogP contribution in [-0.2, 0) is 4.79 Å². The van der Waals surface area contributed by atoms with Crippen molar-refractivity contribution >= 4 is 40.3 Å². The first kappa shape index (κ1) is 15.1. The Hall–Kier alpha value is -1.33. The average Bonchev–Trinajstić information content (AvgIpc) is 2.64. The van der Waals surface area contributed by atoms with Crippen molar-refractivity contribution in [2.45, 2.75) is 26.3 Å². The van der Waals surface area contributed by atoms with E-state index in [0.717, 1.165) is 11.3 Å². The van der Waals surface area contributed by atoms with E-state index >= 15 is 0 Å². The van der Waals surface area contributed by atoms with Gasteiger partial charge < -0.3 is 4.74 Å². The van der Waals surface area contributed by atoms with E-state index in [2.05, 4.69) is 0 Å². The van der Waals surface area contributed by atoms with Crippen molar-refractivity contribution in [3.63, 3.8) is 0 Å². The molecule has 0 bridgehead atoms. The van der Waals surface area contributed by atoms with Gasteiger partial charge in [0.15, 0.2) is 0 Å². The lowest BCUT2D eigenvalue weighted by Crippen LogP contribution is -2.44. The zero-order chi connectivity index (χ0) is 14.9. The van der Waals surface area contributed by atoms with Crippen LogP contribution in [0.15, 0.2) is 29.2 Å². The van der Waals surface area contributed by atoms with Crippen molar-refractivity contribution in [3.05, 3.63) is 34.7 Å². The van der Waals surface area contributed by atoms with Gasteiger partial charge in [0.05, 0.1) is 12.0 Å². The molecule has 0 spiro atoms. The molecule has 1 fully saturated rings. The smallest absolute Gasteiger partial charge is 0.266 e. The third-order valence-corrected chi connectivity index (χ3v) is 4.19. The molecule has 1 aromatic rings. The minimum Gasteiger partial charge on any atom is -0.496 e. The lowest BCUT2D eigenvalue weighted by Gasteiger charge is -2.30. The van der Waals surface area contributed by atoms with Crippen LogP contribution in [0.4, 0.5) is 0 Å². The number of carbonyl (C=O) groups excluding carboxylic acids is 1. The Balaban J connectivity index is 2.38. The van der Waals surface area contributed by atoms with Gasteiger partial charge in [0.25, 0.3) is 5.91 Å². The first-order valence-corrected chi connectivity index (χ1v) is 7.48. The summed E-state index contributed by atoms with van der Waals surface area (Å²) >= 11 is 6.65. The van der Waals surface area contributed by atoms with Gasteiger partial charge in [-0.25, -0.2) is 0 Å². The largest absolute Gasteiger partial charge is 0.496 e. The highest BCUT2D eigenvalue weighted by Gasteiger charge is 2.39. The number of benzene rings is 1. The number of hydrogen-bond acceptors (Lipinski definition) is 4. The van der Waals surface area contributed by atoms with E-state index in [0.29, 0.717) is 9.23 Å². The van der Waals surface area contributed by atoms with Gasteiger partial charge in [-0.2, -0.15) is 0 Å². The molecule has 20 heavy (non-hydrogen) atoms.